The number of aliphatic hydroxyl groups is 2. The standard InChI is InChI=1S/C12H22O29S6.6K/c13-1-4-6(14)8(39-45(24,25)26)9(40-46(27,28)29)11(35-4)37-12(3-34-43(18,19)20)10(41-47(30,31)32)7(38-44(21,22)23)5(36-12)2-33-42(15,16)17;;;;;;/h4-11,13-14H,1-3H2,(H,15,16,17)(H,18,19,20)(H,21,22,23)(H,24,25,26)(H,27,28,29)(H,30,31,32);;;;;;/q;6*+1/p-6. The van der Waals surface area contributed by atoms with E-state index in [1.807, 2.05) is 0 Å². The third-order valence-corrected chi connectivity index (χ3v) is 7.90. The molecule has 2 aliphatic heterocycles. The summed E-state index contributed by atoms with van der Waals surface area (Å²) in [7, 11) is -36.9. The first-order chi connectivity index (χ1) is 20.8. The van der Waals surface area contributed by atoms with Crippen LogP contribution in [0.5, 0.6) is 0 Å². The molecule has 9 atom stereocenters. The summed E-state index contributed by atoms with van der Waals surface area (Å²) in [5, 5.41) is 19.8. The van der Waals surface area contributed by atoms with Crippen LogP contribution in [0.25, 0.3) is 0 Å². The van der Waals surface area contributed by atoms with Crippen LogP contribution in [0.1, 0.15) is 0 Å². The van der Waals surface area contributed by atoms with Crippen LogP contribution < -0.4 is 308 Å². The van der Waals surface area contributed by atoms with Gasteiger partial charge in [0.2, 0.25) is 68.2 Å². The number of aliphatic hydroxyl groups excluding tert-OH is 2. The van der Waals surface area contributed by atoms with Crippen molar-refractivity contribution in [2.24, 2.45) is 0 Å². The van der Waals surface area contributed by atoms with Crippen molar-refractivity contribution in [2.75, 3.05) is 19.8 Å². The van der Waals surface area contributed by atoms with E-state index in [1.165, 1.54) is 0 Å². The maximum absolute atomic E-state index is 11.6. The summed E-state index contributed by atoms with van der Waals surface area (Å²) in [6.07, 6.45) is -23.8. The molecule has 2 rings (SSSR count). The summed E-state index contributed by atoms with van der Waals surface area (Å²) < 4.78 is 242. The molecule has 0 spiro atoms. The Morgan fingerprint density at radius 3 is 1.32 bits per heavy atom. The molecule has 2 fully saturated rings. The summed E-state index contributed by atoms with van der Waals surface area (Å²) in [4.78, 5) is 0. The number of rotatable bonds is 17. The van der Waals surface area contributed by atoms with Crippen LogP contribution in [0.3, 0.4) is 0 Å². The van der Waals surface area contributed by atoms with E-state index in [4.69, 9.17) is 14.2 Å². The summed E-state index contributed by atoms with van der Waals surface area (Å²) in [6.45, 7) is -5.71. The monoisotopic (exact) mass is 1050 g/mol. The minimum atomic E-state index is -6.36. The van der Waals surface area contributed by atoms with Crippen LogP contribution in [0, 0.1) is 0 Å². The molecule has 280 valence electrons. The molecule has 53 heavy (non-hydrogen) atoms. The molecular weight excluding hydrogens is 1040 g/mol. The summed E-state index contributed by atoms with van der Waals surface area (Å²) in [6, 6.07) is 0. The summed E-state index contributed by atoms with van der Waals surface area (Å²) >= 11 is 0. The minimum Gasteiger partial charge on any atom is -0.726 e. The van der Waals surface area contributed by atoms with Crippen LogP contribution in [-0.4, -0.2) is 163 Å². The van der Waals surface area contributed by atoms with Gasteiger partial charge >= 0.3 is 308 Å². The fourth-order valence-electron chi connectivity index (χ4n) is 3.84. The molecule has 2 N–H and O–H groups in total. The minimum absolute atomic E-state index is 0. The van der Waals surface area contributed by atoms with Crippen molar-refractivity contribution in [3.05, 3.63) is 0 Å². The average Bonchev–Trinajstić information content (AvgIpc) is 3.08. The first-order valence-corrected chi connectivity index (χ1v) is 18.9. The Morgan fingerprint density at radius 1 is 0.547 bits per heavy atom. The predicted molar refractivity (Wildman–Crippen MR) is 120 cm³/mol. The van der Waals surface area contributed by atoms with E-state index in [0.717, 1.165) is 0 Å². The van der Waals surface area contributed by atoms with Crippen LogP contribution >= 0.6 is 0 Å². The zero-order valence-corrected chi connectivity index (χ0v) is 51.2. The molecule has 0 aromatic heterocycles. The van der Waals surface area contributed by atoms with E-state index in [2.05, 4.69) is 25.1 Å². The molecule has 0 aromatic carbocycles. The fraction of sp³-hybridized carbons (Fsp3) is 1.00. The van der Waals surface area contributed by atoms with Crippen molar-refractivity contribution in [1.29, 1.82) is 0 Å². The van der Waals surface area contributed by atoms with Gasteiger partial charge in [-0.25, -0.2) is 50.5 Å². The molecule has 0 bridgehead atoms. The van der Waals surface area contributed by atoms with Crippen LogP contribution in [-0.2, 0) is 102 Å². The van der Waals surface area contributed by atoms with E-state index in [9.17, 15) is 88.0 Å². The van der Waals surface area contributed by atoms with Crippen LogP contribution in [0.4, 0.5) is 0 Å². The summed E-state index contributed by atoms with van der Waals surface area (Å²) in [5.74, 6) is -3.99. The molecule has 41 heteroatoms. The van der Waals surface area contributed by atoms with Crippen molar-refractivity contribution < 1.29 is 436 Å². The molecule has 0 aromatic rings. The van der Waals surface area contributed by atoms with E-state index in [-0.39, 0.29) is 308 Å². The van der Waals surface area contributed by atoms with Gasteiger partial charge in [0.05, 0.1) is 13.2 Å². The van der Waals surface area contributed by atoms with Gasteiger partial charge < -0.3 is 51.7 Å². The second-order valence-electron chi connectivity index (χ2n) is 8.50. The van der Waals surface area contributed by atoms with Gasteiger partial charge in [-0.1, -0.05) is 0 Å². The number of hydrogen-bond acceptors (Lipinski definition) is 29. The third kappa shape index (κ3) is 27.3. The van der Waals surface area contributed by atoms with Gasteiger partial charge in [0.25, 0.3) is 0 Å². The molecule has 0 aliphatic carbocycles. The van der Waals surface area contributed by atoms with Gasteiger partial charge in [0, 0.05) is 0 Å². The van der Waals surface area contributed by atoms with Gasteiger partial charge in [-0.15, -0.1) is 0 Å². The molecule has 9 unspecified atom stereocenters. The fourth-order valence-corrected chi connectivity index (χ4v) is 6.42. The van der Waals surface area contributed by atoms with Gasteiger partial charge in [-0.05, 0) is 0 Å². The average molecular weight is 1050 g/mol. The van der Waals surface area contributed by atoms with Gasteiger partial charge in [-0.3, -0.25) is 25.1 Å². The number of ether oxygens (including phenoxy) is 3. The van der Waals surface area contributed by atoms with E-state index >= 15 is 0 Å². The zero-order valence-electron chi connectivity index (χ0n) is 27.6. The van der Waals surface area contributed by atoms with Crippen molar-refractivity contribution in [2.45, 2.75) is 54.8 Å². The van der Waals surface area contributed by atoms with E-state index in [1.54, 1.807) is 0 Å². The quantitative estimate of drug-likeness (QED) is 0.0776. The molecule has 29 nitrogen and oxygen atoms in total. The Morgan fingerprint density at radius 2 is 0.943 bits per heavy atom. The molecule has 2 aliphatic rings. The first kappa shape index (κ1) is 70.8. The number of hydrogen-bond donors (Lipinski definition) is 2. The molecular formula is C12H16K6O29S6. The third-order valence-electron chi connectivity index (χ3n) is 5.25. The van der Waals surface area contributed by atoms with Crippen molar-refractivity contribution >= 4 is 62.4 Å². The van der Waals surface area contributed by atoms with Crippen molar-refractivity contribution in [1.82, 2.24) is 0 Å². The molecule has 0 radical (unpaired) electrons. The first-order valence-electron chi connectivity index (χ1n) is 10.9. The normalized spacial score (nSPS) is 29.4. The Hall–Kier alpha value is 8.84. The Bertz CT molecular complexity index is 1790. The SMILES string of the molecule is O=S(=O)([O-])OCC1OC(COS(=O)(=O)[O-])(OC2OC(CO)C(O)C(OS(=O)(=O)[O-])C2OS(=O)(=O)[O-])C(OS(=O)(=O)[O-])C1OS(=O)(=O)[O-].[K+].[K+].[K+].[K+].[K+].[K+]. The van der Waals surface area contributed by atoms with Gasteiger partial charge in [-0.2, -0.15) is 0 Å². The maximum Gasteiger partial charge on any atom is 1.00 e. The Balaban J connectivity index is -0.00000128. The molecule has 0 saturated carbocycles. The van der Waals surface area contributed by atoms with Crippen molar-refractivity contribution in [3.63, 3.8) is 0 Å². The molecule has 2 heterocycles. The Kier molecular flexibility index (Phi) is 38.6. The largest absolute Gasteiger partial charge is 1.00 e. The van der Waals surface area contributed by atoms with E-state index in [0.29, 0.717) is 0 Å². The van der Waals surface area contributed by atoms with Gasteiger partial charge in [0.1, 0.15) is 37.1 Å². The zero-order chi connectivity index (χ0) is 36.6. The predicted octanol–water partition coefficient (Wildman–Crippen LogP) is -26.5. The van der Waals surface area contributed by atoms with E-state index < -0.39 is 137 Å². The molecule has 0 amide bonds. The second kappa shape index (κ2) is 28.9. The second-order valence-corrected chi connectivity index (χ2v) is 14.6. The maximum atomic E-state index is 11.6. The van der Waals surface area contributed by atoms with Crippen LogP contribution in [0.15, 0.2) is 0 Å². The Labute approximate surface area is 557 Å². The smallest absolute Gasteiger partial charge is 0.726 e. The topological polar surface area (TPSA) is 467 Å². The van der Waals surface area contributed by atoms with Gasteiger partial charge in [0.15, 0.2) is 18.5 Å². The molecule has 2 saturated heterocycles. The summed E-state index contributed by atoms with van der Waals surface area (Å²) in [5.41, 5.74) is 0. The van der Waals surface area contributed by atoms with Crippen molar-refractivity contribution in [3.8, 4) is 0 Å². The van der Waals surface area contributed by atoms with Crippen LogP contribution in [0.2, 0.25) is 0 Å².